The van der Waals surface area contributed by atoms with E-state index < -0.39 is 6.10 Å². The number of pyridine rings is 1. The fourth-order valence-corrected chi connectivity index (χ4v) is 4.19. The quantitative estimate of drug-likeness (QED) is 0.869. The zero-order chi connectivity index (χ0) is 13.5. The number of aliphatic hydroxyl groups is 1. The van der Waals surface area contributed by atoms with Crippen molar-refractivity contribution in [3.05, 3.63) is 23.9 Å². The molecule has 19 heavy (non-hydrogen) atoms. The van der Waals surface area contributed by atoms with Crippen LogP contribution in [-0.4, -0.2) is 23.7 Å². The number of rotatable bonds is 4. The molecule has 1 aromatic rings. The summed E-state index contributed by atoms with van der Waals surface area (Å²) in [5, 5.41) is 10.8. The van der Waals surface area contributed by atoms with E-state index >= 15 is 0 Å². The molecule has 3 rings (SSSR count). The SMILES string of the molecule is COc1ccc(C(O)C2(CN)CC3CCC2C3)cn1. The molecule has 4 heteroatoms. The van der Waals surface area contributed by atoms with Crippen molar-refractivity contribution in [2.75, 3.05) is 13.7 Å². The van der Waals surface area contributed by atoms with E-state index in [1.807, 2.05) is 6.07 Å². The Labute approximate surface area is 114 Å². The maximum Gasteiger partial charge on any atom is 0.212 e. The Kier molecular flexibility index (Phi) is 3.23. The second-order valence-electron chi connectivity index (χ2n) is 6.05. The van der Waals surface area contributed by atoms with E-state index in [4.69, 9.17) is 10.5 Å². The van der Waals surface area contributed by atoms with Crippen LogP contribution in [0.3, 0.4) is 0 Å². The lowest BCUT2D eigenvalue weighted by Gasteiger charge is -2.41. The van der Waals surface area contributed by atoms with Gasteiger partial charge in [-0.2, -0.15) is 0 Å². The topological polar surface area (TPSA) is 68.4 Å². The molecule has 2 aliphatic rings. The van der Waals surface area contributed by atoms with Gasteiger partial charge in [-0.05, 0) is 42.7 Å². The van der Waals surface area contributed by atoms with Crippen LogP contribution in [0.5, 0.6) is 5.88 Å². The predicted molar refractivity (Wildman–Crippen MR) is 72.7 cm³/mol. The van der Waals surface area contributed by atoms with Crippen molar-refractivity contribution in [1.82, 2.24) is 4.98 Å². The molecule has 2 bridgehead atoms. The summed E-state index contributed by atoms with van der Waals surface area (Å²) >= 11 is 0. The van der Waals surface area contributed by atoms with Gasteiger partial charge >= 0.3 is 0 Å². The summed E-state index contributed by atoms with van der Waals surface area (Å²) in [6.07, 6.45) is 6.01. The Morgan fingerprint density at radius 3 is 2.84 bits per heavy atom. The van der Waals surface area contributed by atoms with Gasteiger partial charge in [-0.1, -0.05) is 6.42 Å². The third-order valence-corrected chi connectivity index (χ3v) is 5.23. The molecule has 1 aromatic heterocycles. The third-order valence-electron chi connectivity index (χ3n) is 5.23. The molecule has 0 aromatic carbocycles. The number of hydrogen-bond donors (Lipinski definition) is 2. The first kappa shape index (κ1) is 12.9. The van der Waals surface area contributed by atoms with Crippen LogP contribution in [0, 0.1) is 17.3 Å². The molecule has 0 radical (unpaired) electrons. The summed E-state index contributed by atoms with van der Waals surface area (Å²) in [5.74, 6) is 1.90. The molecule has 4 nitrogen and oxygen atoms in total. The lowest BCUT2D eigenvalue weighted by Crippen LogP contribution is -2.41. The van der Waals surface area contributed by atoms with Crippen molar-refractivity contribution in [2.45, 2.75) is 31.8 Å². The van der Waals surface area contributed by atoms with E-state index in [1.54, 1.807) is 19.4 Å². The van der Waals surface area contributed by atoms with Gasteiger partial charge in [-0.25, -0.2) is 4.98 Å². The van der Waals surface area contributed by atoms with Crippen molar-refractivity contribution in [1.29, 1.82) is 0 Å². The zero-order valence-electron chi connectivity index (χ0n) is 11.4. The van der Waals surface area contributed by atoms with Gasteiger partial charge in [-0.3, -0.25) is 0 Å². The molecule has 2 fully saturated rings. The summed E-state index contributed by atoms with van der Waals surface area (Å²) in [7, 11) is 1.59. The number of hydrogen-bond acceptors (Lipinski definition) is 4. The first-order valence-electron chi connectivity index (χ1n) is 7.07. The molecule has 104 valence electrons. The Morgan fingerprint density at radius 2 is 2.37 bits per heavy atom. The zero-order valence-corrected chi connectivity index (χ0v) is 11.4. The average Bonchev–Trinajstić information content (AvgIpc) is 3.07. The van der Waals surface area contributed by atoms with Gasteiger partial charge < -0.3 is 15.6 Å². The molecular weight excluding hydrogens is 240 g/mol. The van der Waals surface area contributed by atoms with Gasteiger partial charge in [0.05, 0.1) is 13.2 Å². The van der Waals surface area contributed by atoms with Gasteiger partial charge in [0.15, 0.2) is 0 Å². The lowest BCUT2D eigenvalue weighted by molar-refractivity contribution is -0.0132. The second-order valence-corrected chi connectivity index (χ2v) is 6.05. The molecule has 0 amide bonds. The summed E-state index contributed by atoms with van der Waals surface area (Å²) in [6.45, 7) is 0.557. The van der Waals surface area contributed by atoms with Crippen LogP contribution in [0.25, 0.3) is 0 Å². The minimum Gasteiger partial charge on any atom is -0.481 e. The van der Waals surface area contributed by atoms with E-state index in [0.29, 0.717) is 18.3 Å². The van der Waals surface area contributed by atoms with Crippen LogP contribution in [0.2, 0.25) is 0 Å². The first-order chi connectivity index (χ1) is 9.19. The smallest absolute Gasteiger partial charge is 0.212 e. The molecular formula is C15H22N2O2. The highest BCUT2D eigenvalue weighted by Crippen LogP contribution is 2.60. The molecule has 1 heterocycles. The van der Waals surface area contributed by atoms with Crippen LogP contribution >= 0.6 is 0 Å². The monoisotopic (exact) mass is 262 g/mol. The number of methoxy groups -OCH3 is 1. The Morgan fingerprint density at radius 1 is 1.53 bits per heavy atom. The first-order valence-corrected chi connectivity index (χ1v) is 7.07. The summed E-state index contributed by atoms with van der Waals surface area (Å²) < 4.78 is 5.06. The molecule has 0 saturated heterocycles. The van der Waals surface area contributed by atoms with Crippen LogP contribution in [0.1, 0.15) is 37.4 Å². The van der Waals surface area contributed by atoms with E-state index in [9.17, 15) is 5.11 Å². The minimum atomic E-state index is -0.508. The van der Waals surface area contributed by atoms with Gasteiger partial charge in [0.1, 0.15) is 0 Å². The van der Waals surface area contributed by atoms with Crippen LogP contribution in [0.4, 0.5) is 0 Å². The van der Waals surface area contributed by atoms with Crippen LogP contribution in [-0.2, 0) is 0 Å². The number of ether oxygens (including phenoxy) is 1. The van der Waals surface area contributed by atoms with Crippen molar-refractivity contribution in [3.63, 3.8) is 0 Å². The van der Waals surface area contributed by atoms with Gasteiger partial charge in [0, 0.05) is 24.2 Å². The molecule has 0 spiro atoms. The normalized spacial score (nSPS) is 34.5. The van der Waals surface area contributed by atoms with Crippen molar-refractivity contribution >= 4 is 0 Å². The summed E-state index contributed by atoms with van der Waals surface area (Å²) in [6, 6.07) is 3.70. The highest BCUT2D eigenvalue weighted by atomic mass is 16.5. The average molecular weight is 262 g/mol. The Bertz CT molecular complexity index is 448. The maximum atomic E-state index is 10.8. The number of nitrogens with zero attached hydrogens (tertiary/aromatic N) is 1. The molecule has 3 N–H and O–H groups in total. The van der Waals surface area contributed by atoms with Crippen LogP contribution < -0.4 is 10.5 Å². The van der Waals surface area contributed by atoms with E-state index in [0.717, 1.165) is 17.9 Å². The fourth-order valence-electron chi connectivity index (χ4n) is 4.19. The van der Waals surface area contributed by atoms with Gasteiger partial charge in [-0.15, -0.1) is 0 Å². The summed E-state index contributed by atoms with van der Waals surface area (Å²) in [5.41, 5.74) is 6.76. The highest BCUT2D eigenvalue weighted by molar-refractivity contribution is 5.23. The highest BCUT2D eigenvalue weighted by Gasteiger charge is 2.54. The maximum absolute atomic E-state index is 10.8. The number of aromatic nitrogens is 1. The molecule has 4 atom stereocenters. The van der Waals surface area contributed by atoms with Crippen molar-refractivity contribution in [2.24, 2.45) is 23.0 Å². The standard InChI is InChI=1S/C15H22N2O2/c1-19-13-5-3-11(8-17-13)14(18)15(9-16)7-10-2-4-12(15)6-10/h3,5,8,10,12,14,18H,2,4,6-7,9,16H2,1H3. The number of fused-ring (bicyclic) bond motifs is 2. The molecule has 2 aliphatic carbocycles. The second kappa shape index (κ2) is 4.76. The van der Waals surface area contributed by atoms with Crippen LogP contribution in [0.15, 0.2) is 18.3 Å². The largest absolute Gasteiger partial charge is 0.481 e. The molecule has 0 aliphatic heterocycles. The number of nitrogens with two attached hydrogens (primary N) is 1. The van der Waals surface area contributed by atoms with Gasteiger partial charge in [0.25, 0.3) is 0 Å². The lowest BCUT2D eigenvalue weighted by atomic mass is 9.67. The van der Waals surface area contributed by atoms with E-state index in [2.05, 4.69) is 4.98 Å². The Balaban J connectivity index is 1.86. The van der Waals surface area contributed by atoms with Gasteiger partial charge in [0.2, 0.25) is 5.88 Å². The molecule has 4 unspecified atom stereocenters. The van der Waals surface area contributed by atoms with Crippen molar-refractivity contribution in [3.8, 4) is 5.88 Å². The van der Waals surface area contributed by atoms with E-state index in [-0.39, 0.29) is 5.41 Å². The fraction of sp³-hybridized carbons (Fsp3) is 0.667. The van der Waals surface area contributed by atoms with Crippen molar-refractivity contribution < 1.29 is 9.84 Å². The predicted octanol–water partition coefficient (Wildman–Crippen LogP) is 1.89. The summed E-state index contributed by atoms with van der Waals surface area (Å²) in [4.78, 5) is 4.19. The third kappa shape index (κ3) is 1.94. The number of aliphatic hydroxyl groups excluding tert-OH is 1. The van der Waals surface area contributed by atoms with E-state index in [1.165, 1.54) is 19.3 Å². The Hall–Kier alpha value is -1.13. The minimum absolute atomic E-state index is 0.140. The molecule has 2 saturated carbocycles.